The van der Waals surface area contributed by atoms with Crippen LogP contribution in [0.3, 0.4) is 0 Å². The molecule has 10 heteroatoms. The molecule has 34 heavy (non-hydrogen) atoms. The minimum absolute atomic E-state index is 0.215. The third-order valence-electron chi connectivity index (χ3n) is 5.67. The molecule has 1 saturated heterocycles. The van der Waals surface area contributed by atoms with Gasteiger partial charge in [-0.25, -0.2) is 9.78 Å². The smallest absolute Gasteiger partial charge is 0.340 e. The summed E-state index contributed by atoms with van der Waals surface area (Å²) in [7, 11) is 1.30. The van der Waals surface area contributed by atoms with Crippen LogP contribution in [0.25, 0.3) is 22.6 Å². The van der Waals surface area contributed by atoms with Crippen molar-refractivity contribution in [1.82, 2.24) is 10.1 Å². The molecule has 1 fully saturated rings. The Morgan fingerprint density at radius 3 is 2.68 bits per heavy atom. The van der Waals surface area contributed by atoms with Gasteiger partial charge in [-0.15, -0.1) is 0 Å². The molecule has 0 saturated carbocycles. The van der Waals surface area contributed by atoms with E-state index in [0.717, 1.165) is 5.69 Å². The van der Waals surface area contributed by atoms with Gasteiger partial charge in [0.25, 0.3) is 11.6 Å². The van der Waals surface area contributed by atoms with Crippen molar-refractivity contribution in [3.63, 3.8) is 0 Å². The van der Waals surface area contributed by atoms with Crippen LogP contribution >= 0.6 is 0 Å². The Morgan fingerprint density at radius 1 is 1.12 bits per heavy atom. The van der Waals surface area contributed by atoms with Gasteiger partial charge in [0.15, 0.2) is 5.76 Å². The highest BCUT2D eigenvalue weighted by Gasteiger charge is 2.23. The number of nitrogens with one attached hydrogen (secondary N) is 1. The predicted octanol–water partition coefficient (Wildman–Crippen LogP) is 3.67. The topological polar surface area (TPSA) is 120 Å². The van der Waals surface area contributed by atoms with Crippen molar-refractivity contribution in [2.75, 3.05) is 43.6 Å². The van der Waals surface area contributed by atoms with E-state index in [-0.39, 0.29) is 11.3 Å². The first-order valence-corrected chi connectivity index (χ1v) is 10.7. The number of aromatic nitrogens is 2. The van der Waals surface area contributed by atoms with Crippen LogP contribution in [0.4, 0.5) is 11.4 Å². The molecule has 4 aromatic rings. The second kappa shape index (κ2) is 8.99. The standard InChI is InChI=1S/C24H22N4O6/c1-14-21-17(13-19(20-4-3-9-33-20)26-23(21)34-27-14)22(29)25-18-6-5-15(12-16(18)24(30)31-2)28-7-10-32-11-8-28/h3-6,9,12-13H,7-8,10-11H2,1-2H3,(H,25,29). The number of benzene rings is 1. The Bertz CT molecular complexity index is 1360. The zero-order valence-corrected chi connectivity index (χ0v) is 18.7. The molecule has 1 N–H and O–H groups in total. The lowest BCUT2D eigenvalue weighted by Gasteiger charge is -2.29. The SMILES string of the molecule is COC(=O)c1cc(N2CCOCC2)ccc1NC(=O)c1cc(-c2ccco2)nc2onc(C)c12. The molecular weight excluding hydrogens is 440 g/mol. The lowest BCUT2D eigenvalue weighted by Crippen LogP contribution is -2.36. The minimum atomic E-state index is -0.553. The van der Waals surface area contributed by atoms with Gasteiger partial charge < -0.3 is 28.6 Å². The number of hydrogen-bond donors (Lipinski definition) is 1. The fraction of sp³-hybridized carbons (Fsp3) is 0.250. The molecule has 0 bridgehead atoms. The molecule has 1 aliphatic heterocycles. The average molecular weight is 462 g/mol. The highest BCUT2D eigenvalue weighted by atomic mass is 16.5. The first-order valence-electron chi connectivity index (χ1n) is 10.7. The summed E-state index contributed by atoms with van der Waals surface area (Å²) in [6, 6.07) is 10.3. The van der Waals surface area contributed by atoms with Gasteiger partial charge in [-0.05, 0) is 43.3 Å². The summed E-state index contributed by atoms with van der Waals surface area (Å²) in [6.45, 7) is 4.38. The number of carbonyl (C=O) groups excluding carboxylic acids is 2. The van der Waals surface area contributed by atoms with Gasteiger partial charge in [-0.3, -0.25) is 4.79 Å². The Balaban J connectivity index is 1.53. The van der Waals surface area contributed by atoms with Crippen LogP contribution in [0.5, 0.6) is 0 Å². The summed E-state index contributed by atoms with van der Waals surface area (Å²) >= 11 is 0. The number of anilines is 2. The number of morpholine rings is 1. The van der Waals surface area contributed by atoms with Gasteiger partial charge in [0, 0.05) is 18.8 Å². The molecule has 1 amide bonds. The van der Waals surface area contributed by atoms with E-state index in [1.165, 1.54) is 13.4 Å². The van der Waals surface area contributed by atoms with Crippen molar-refractivity contribution >= 4 is 34.4 Å². The lowest BCUT2D eigenvalue weighted by molar-refractivity contribution is 0.0602. The number of furan rings is 1. The summed E-state index contributed by atoms with van der Waals surface area (Å²) in [5.41, 5.74) is 2.88. The van der Waals surface area contributed by atoms with Crippen LogP contribution in [0.15, 0.2) is 51.6 Å². The van der Waals surface area contributed by atoms with Crippen molar-refractivity contribution < 1.29 is 28.0 Å². The second-order valence-corrected chi connectivity index (χ2v) is 7.76. The van der Waals surface area contributed by atoms with Gasteiger partial charge in [-0.1, -0.05) is 5.16 Å². The molecule has 0 aliphatic carbocycles. The number of methoxy groups -OCH3 is 1. The van der Waals surface area contributed by atoms with Gasteiger partial charge in [-0.2, -0.15) is 0 Å². The van der Waals surface area contributed by atoms with E-state index >= 15 is 0 Å². The Morgan fingerprint density at radius 2 is 1.94 bits per heavy atom. The highest BCUT2D eigenvalue weighted by Crippen LogP contribution is 2.30. The number of pyridine rings is 1. The first-order chi connectivity index (χ1) is 16.5. The lowest BCUT2D eigenvalue weighted by atomic mass is 10.1. The highest BCUT2D eigenvalue weighted by molar-refractivity contribution is 6.14. The molecule has 0 atom stereocenters. The predicted molar refractivity (Wildman–Crippen MR) is 123 cm³/mol. The number of fused-ring (bicyclic) bond motifs is 1. The van der Waals surface area contributed by atoms with Gasteiger partial charge in [0.1, 0.15) is 5.69 Å². The van der Waals surface area contributed by atoms with Crippen LogP contribution in [0.2, 0.25) is 0 Å². The van der Waals surface area contributed by atoms with Crippen LogP contribution < -0.4 is 10.2 Å². The third-order valence-corrected chi connectivity index (χ3v) is 5.67. The fourth-order valence-corrected chi connectivity index (χ4v) is 3.95. The van der Waals surface area contributed by atoms with E-state index in [2.05, 4.69) is 20.4 Å². The maximum Gasteiger partial charge on any atom is 0.340 e. The second-order valence-electron chi connectivity index (χ2n) is 7.76. The normalized spacial score (nSPS) is 13.8. The molecule has 3 aromatic heterocycles. The number of amides is 1. The Labute approximate surface area is 194 Å². The fourth-order valence-electron chi connectivity index (χ4n) is 3.95. The molecule has 0 radical (unpaired) electrons. The monoisotopic (exact) mass is 462 g/mol. The van der Waals surface area contributed by atoms with Crippen LogP contribution in [-0.4, -0.2) is 55.4 Å². The number of rotatable bonds is 5. The van der Waals surface area contributed by atoms with Gasteiger partial charge in [0.2, 0.25) is 0 Å². The van der Waals surface area contributed by atoms with E-state index < -0.39 is 11.9 Å². The molecule has 174 valence electrons. The summed E-state index contributed by atoms with van der Waals surface area (Å²) in [5, 5.41) is 7.28. The van der Waals surface area contributed by atoms with Crippen molar-refractivity contribution in [1.29, 1.82) is 0 Å². The zero-order valence-electron chi connectivity index (χ0n) is 18.7. The van der Waals surface area contributed by atoms with Crippen LogP contribution in [0.1, 0.15) is 26.4 Å². The summed E-state index contributed by atoms with van der Waals surface area (Å²) in [5.74, 6) is -0.520. The Hall–Kier alpha value is -4.18. The Kier molecular flexibility index (Phi) is 5.72. The molecule has 0 unspecified atom stereocenters. The maximum absolute atomic E-state index is 13.4. The van der Waals surface area contributed by atoms with E-state index in [9.17, 15) is 9.59 Å². The molecule has 0 spiro atoms. The number of hydrogen-bond acceptors (Lipinski definition) is 9. The van der Waals surface area contributed by atoms with Gasteiger partial charge >= 0.3 is 5.97 Å². The molecule has 5 rings (SSSR count). The number of carbonyl (C=O) groups is 2. The van der Waals surface area contributed by atoms with Crippen molar-refractivity contribution in [3.8, 4) is 11.5 Å². The third kappa shape index (κ3) is 3.99. The first kappa shape index (κ1) is 21.7. The van der Waals surface area contributed by atoms with E-state index in [0.29, 0.717) is 60.1 Å². The average Bonchev–Trinajstić information content (AvgIpc) is 3.54. The summed E-state index contributed by atoms with van der Waals surface area (Å²) in [4.78, 5) is 32.5. The molecule has 1 aromatic carbocycles. The molecule has 1 aliphatic rings. The number of ether oxygens (including phenoxy) is 2. The molecule has 10 nitrogen and oxygen atoms in total. The van der Waals surface area contributed by atoms with E-state index in [4.69, 9.17) is 18.4 Å². The zero-order chi connectivity index (χ0) is 23.7. The van der Waals surface area contributed by atoms with Crippen molar-refractivity contribution in [2.24, 2.45) is 0 Å². The van der Waals surface area contributed by atoms with E-state index in [1.807, 2.05) is 6.07 Å². The van der Waals surface area contributed by atoms with Crippen molar-refractivity contribution in [2.45, 2.75) is 6.92 Å². The minimum Gasteiger partial charge on any atom is -0.465 e. The molecular formula is C24H22N4O6. The largest absolute Gasteiger partial charge is 0.465 e. The maximum atomic E-state index is 13.4. The van der Waals surface area contributed by atoms with Crippen molar-refractivity contribution in [3.05, 3.63) is 59.5 Å². The number of nitrogens with zero attached hydrogens (tertiary/aromatic N) is 3. The summed E-state index contributed by atoms with van der Waals surface area (Å²) < 4.78 is 21.1. The number of aryl methyl sites for hydroxylation is 1. The molecule has 4 heterocycles. The van der Waals surface area contributed by atoms with E-state index in [1.54, 1.807) is 37.3 Å². The quantitative estimate of drug-likeness (QED) is 0.443. The van der Waals surface area contributed by atoms with Crippen LogP contribution in [-0.2, 0) is 9.47 Å². The summed E-state index contributed by atoms with van der Waals surface area (Å²) in [6.07, 6.45) is 1.52. The number of esters is 1. The van der Waals surface area contributed by atoms with Crippen LogP contribution in [0, 0.1) is 6.92 Å². The van der Waals surface area contributed by atoms with Gasteiger partial charge in [0.05, 0.1) is 54.5 Å².